The van der Waals surface area contributed by atoms with Gasteiger partial charge in [-0.2, -0.15) is 35.7 Å². The van der Waals surface area contributed by atoms with E-state index in [0.717, 1.165) is 4.31 Å². The van der Waals surface area contributed by atoms with Crippen LogP contribution in [-0.4, -0.2) is 64.5 Å². The van der Waals surface area contributed by atoms with Crippen LogP contribution in [-0.2, 0) is 22.4 Å². The van der Waals surface area contributed by atoms with Crippen molar-refractivity contribution < 1.29 is 39.6 Å². The van der Waals surface area contributed by atoms with Crippen molar-refractivity contribution in [3.63, 3.8) is 0 Å². The van der Waals surface area contributed by atoms with Crippen molar-refractivity contribution in [3.05, 3.63) is 71.8 Å². The standard InChI is InChI=1S/C21H17F6N5O3S/c22-20(23,24)15-9-16(21(25,26)27)11-18(10-15)36(34,35)31-7-5-30(6-8-31)19(33)14-1-3-17(4-2-14)32-13-28-12-29-32/h1-4,9-13H,5-8H2. The molecular weight excluding hydrogens is 516 g/mol. The third kappa shape index (κ3) is 5.21. The summed E-state index contributed by atoms with van der Waals surface area (Å²) in [5, 5.41) is 3.97. The molecule has 0 bridgehead atoms. The summed E-state index contributed by atoms with van der Waals surface area (Å²) in [6.07, 6.45) is -7.55. The van der Waals surface area contributed by atoms with Gasteiger partial charge in [-0.3, -0.25) is 4.79 Å². The molecule has 0 N–H and O–H groups in total. The summed E-state index contributed by atoms with van der Waals surface area (Å²) in [5.41, 5.74) is -2.49. The van der Waals surface area contributed by atoms with Crippen molar-refractivity contribution >= 4 is 15.9 Å². The van der Waals surface area contributed by atoms with Crippen LogP contribution in [0.15, 0.2) is 60.0 Å². The van der Waals surface area contributed by atoms with Crippen molar-refractivity contribution in [3.8, 4) is 5.69 Å². The van der Waals surface area contributed by atoms with Crippen molar-refractivity contribution in [2.24, 2.45) is 0 Å². The lowest BCUT2D eigenvalue weighted by atomic mass is 10.1. The van der Waals surface area contributed by atoms with Crippen LogP contribution in [0.25, 0.3) is 5.69 Å². The number of amides is 1. The smallest absolute Gasteiger partial charge is 0.336 e. The van der Waals surface area contributed by atoms with Gasteiger partial charge in [-0.05, 0) is 42.5 Å². The van der Waals surface area contributed by atoms with Gasteiger partial charge in [0.05, 0.1) is 21.7 Å². The molecule has 0 aliphatic carbocycles. The zero-order valence-electron chi connectivity index (χ0n) is 18.2. The fourth-order valence-corrected chi connectivity index (χ4v) is 5.13. The maximum Gasteiger partial charge on any atom is 0.416 e. The second kappa shape index (κ2) is 9.20. The molecule has 15 heteroatoms. The Hall–Kier alpha value is -3.46. The Bertz CT molecular complexity index is 1320. The van der Waals surface area contributed by atoms with Crippen LogP contribution < -0.4 is 0 Å². The first-order chi connectivity index (χ1) is 16.8. The fraction of sp³-hybridized carbons (Fsp3) is 0.286. The van der Waals surface area contributed by atoms with Crippen LogP contribution in [0.3, 0.4) is 0 Å². The summed E-state index contributed by atoms with van der Waals surface area (Å²) in [6, 6.07) is 6.58. The Morgan fingerprint density at radius 3 is 1.86 bits per heavy atom. The van der Waals surface area contributed by atoms with E-state index in [1.54, 1.807) is 24.3 Å². The Labute approximate surface area is 200 Å². The third-order valence-corrected chi connectivity index (χ3v) is 7.40. The molecule has 0 radical (unpaired) electrons. The highest BCUT2D eigenvalue weighted by atomic mass is 32.2. The quantitative estimate of drug-likeness (QED) is 0.480. The Kier molecular flexibility index (Phi) is 6.55. The first-order valence-electron chi connectivity index (χ1n) is 10.3. The summed E-state index contributed by atoms with van der Waals surface area (Å²) in [4.78, 5) is 16.9. The van der Waals surface area contributed by atoms with Crippen molar-refractivity contribution in [1.29, 1.82) is 0 Å². The highest BCUT2D eigenvalue weighted by Crippen LogP contribution is 2.37. The van der Waals surface area contributed by atoms with Crippen LogP contribution in [0.2, 0.25) is 0 Å². The van der Waals surface area contributed by atoms with Crippen LogP contribution in [0, 0.1) is 0 Å². The molecule has 2 heterocycles. The number of carbonyl (C=O) groups is 1. The Morgan fingerprint density at radius 2 is 1.39 bits per heavy atom. The minimum absolute atomic E-state index is 0.103. The molecule has 192 valence electrons. The Morgan fingerprint density at radius 1 is 0.833 bits per heavy atom. The number of hydrogen-bond donors (Lipinski definition) is 0. The molecule has 1 aromatic heterocycles. The van der Waals surface area contributed by atoms with Gasteiger partial charge in [0.15, 0.2) is 0 Å². The normalized spacial score (nSPS) is 15.8. The van der Waals surface area contributed by atoms with Crippen molar-refractivity contribution in [2.45, 2.75) is 17.2 Å². The van der Waals surface area contributed by atoms with Gasteiger partial charge >= 0.3 is 12.4 Å². The number of benzene rings is 2. The third-order valence-electron chi connectivity index (χ3n) is 5.52. The lowest BCUT2D eigenvalue weighted by molar-refractivity contribution is -0.143. The van der Waals surface area contributed by atoms with E-state index in [4.69, 9.17) is 0 Å². The highest BCUT2D eigenvalue weighted by Gasteiger charge is 2.39. The summed E-state index contributed by atoms with van der Waals surface area (Å²) in [6.45, 7) is -0.812. The summed E-state index contributed by atoms with van der Waals surface area (Å²) in [7, 11) is -4.69. The average Bonchev–Trinajstić information content (AvgIpc) is 3.37. The number of hydrogen-bond acceptors (Lipinski definition) is 5. The van der Waals surface area contributed by atoms with Gasteiger partial charge in [-0.25, -0.2) is 18.1 Å². The predicted molar refractivity (Wildman–Crippen MR) is 112 cm³/mol. The van der Waals surface area contributed by atoms with Crippen molar-refractivity contribution in [1.82, 2.24) is 24.0 Å². The second-order valence-electron chi connectivity index (χ2n) is 7.82. The van der Waals surface area contributed by atoms with E-state index < -0.39 is 44.3 Å². The molecule has 1 aliphatic heterocycles. The SMILES string of the molecule is O=C(c1ccc(-n2cncn2)cc1)N1CCN(S(=O)(=O)c2cc(C(F)(F)F)cc(C(F)(F)F)c2)CC1. The number of carbonyl (C=O) groups excluding carboxylic acids is 1. The van der Waals surface area contributed by atoms with Gasteiger partial charge in [0.25, 0.3) is 5.91 Å². The minimum atomic E-state index is -5.18. The predicted octanol–water partition coefficient (Wildman–Crippen LogP) is 3.45. The van der Waals surface area contributed by atoms with Gasteiger partial charge in [-0.15, -0.1) is 0 Å². The lowest BCUT2D eigenvalue weighted by Gasteiger charge is -2.34. The van der Waals surface area contributed by atoms with Crippen LogP contribution in [0.1, 0.15) is 21.5 Å². The molecule has 1 aliphatic rings. The molecule has 3 aromatic rings. The molecular formula is C21H17F6N5O3S. The molecule has 0 saturated carbocycles. The Balaban J connectivity index is 1.50. The number of nitrogens with zero attached hydrogens (tertiary/aromatic N) is 5. The first kappa shape index (κ1) is 25.6. The van der Waals surface area contributed by atoms with E-state index in [2.05, 4.69) is 10.1 Å². The van der Waals surface area contributed by atoms with E-state index in [1.165, 1.54) is 22.2 Å². The summed E-state index contributed by atoms with van der Waals surface area (Å²) >= 11 is 0. The fourth-order valence-electron chi connectivity index (χ4n) is 3.64. The molecule has 0 spiro atoms. The van der Waals surface area contributed by atoms with Crippen molar-refractivity contribution in [2.75, 3.05) is 26.2 Å². The van der Waals surface area contributed by atoms with Crippen LogP contribution >= 0.6 is 0 Å². The van der Waals surface area contributed by atoms with Gasteiger partial charge in [0, 0.05) is 31.7 Å². The number of piperazine rings is 1. The summed E-state index contributed by atoms with van der Waals surface area (Å²) in [5.74, 6) is -0.407. The molecule has 0 atom stereocenters. The van der Waals surface area contributed by atoms with E-state index in [9.17, 15) is 39.6 Å². The molecule has 0 unspecified atom stereocenters. The van der Waals surface area contributed by atoms with Gasteiger partial charge in [0.2, 0.25) is 10.0 Å². The number of aromatic nitrogens is 3. The lowest BCUT2D eigenvalue weighted by Crippen LogP contribution is -2.50. The molecule has 1 amide bonds. The topological polar surface area (TPSA) is 88.4 Å². The highest BCUT2D eigenvalue weighted by molar-refractivity contribution is 7.89. The molecule has 8 nitrogen and oxygen atoms in total. The van der Waals surface area contributed by atoms with Gasteiger partial charge in [0.1, 0.15) is 12.7 Å². The largest absolute Gasteiger partial charge is 0.416 e. The zero-order chi connectivity index (χ0) is 26.3. The van der Waals surface area contributed by atoms with Gasteiger partial charge < -0.3 is 4.90 Å². The number of halogens is 6. The van der Waals surface area contributed by atoms with E-state index in [0.29, 0.717) is 11.3 Å². The van der Waals surface area contributed by atoms with Gasteiger partial charge in [-0.1, -0.05) is 0 Å². The van der Waals surface area contributed by atoms with Crippen LogP contribution in [0.4, 0.5) is 26.3 Å². The molecule has 1 fully saturated rings. The molecule has 36 heavy (non-hydrogen) atoms. The average molecular weight is 533 g/mol. The summed E-state index contributed by atoms with van der Waals surface area (Å²) < 4.78 is 107. The number of alkyl halides is 6. The first-order valence-corrected chi connectivity index (χ1v) is 11.7. The van der Waals surface area contributed by atoms with E-state index in [1.807, 2.05) is 0 Å². The van der Waals surface area contributed by atoms with E-state index in [-0.39, 0.29) is 44.4 Å². The van der Waals surface area contributed by atoms with Crippen LogP contribution in [0.5, 0.6) is 0 Å². The number of rotatable bonds is 4. The zero-order valence-corrected chi connectivity index (χ0v) is 19.0. The minimum Gasteiger partial charge on any atom is -0.336 e. The maximum atomic E-state index is 13.1. The molecule has 4 rings (SSSR count). The molecule has 1 saturated heterocycles. The maximum absolute atomic E-state index is 13.1. The van der Waals surface area contributed by atoms with E-state index >= 15 is 0 Å². The monoisotopic (exact) mass is 533 g/mol. The second-order valence-corrected chi connectivity index (χ2v) is 9.76. The molecule has 2 aromatic carbocycles. The number of sulfonamides is 1.